The van der Waals surface area contributed by atoms with Gasteiger partial charge in [0.2, 0.25) is 0 Å². The minimum atomic E-state index is -0.0955. The molecule has 0 bridgehead atoms. The molecular formula is C14H23NO. The van der Waals surface area contributed by atoms with E-state index in [1.54, 1.807) is 7.11 Å². The maximum Gasteiger partial charge on any atom is 0.124 e. The molecular weight excluding hydrogens is 198 g/mol. The molecule has 0 amide bonds. The van der Waals surface area contributed by atoms with Crippen LogP contribution in [0, 0.1) is 13.8 Å². The van der Waals surface area contributed by atoms with E-state index in [0.717, 1.165) is 18.6 Å². The van der Waals surface area contributed by atoms with E-state index in [1.165, 1.54) is 16.7 Å². The predicted octanol–water partition coefficient (Wildman–Crippen LogP) is 2.98. The van der Waals surface area contributed by atoms with E-state index in [4.69, 9.17) is 10.5 Å². The molecule has 16 heavy (non-hydrogen) atoms. The highest BCUT2D eigenvalue weighted by Gasteiger charge is 2.11. The number of methoxy groups -OCH3 is 1. The van der Waals surface area contributed by atoms with Gasteiger partial charge in [0.25, 0.3) is 0 Å². The van der Waals surface area contributed by atoms with E-state index in [2.05, 4.69) is 39.8 Å². The monoisotopic (exact) mass is 221 g/mol. The fraction of sp³-hybridized carbons (Fsp3) is 0.571. The summed E-state index contributed by atoms with van der Waals surface area (Å²) in [6.07, 6.45) is 2.02. The molecule has 1 aromatic carbocycles. The zero-order valence-corrected chi connectivity index (χ0v) is 11.1. The Labute approximate surface area is 98.8 Å². The number of nitrogens with two attached hydrogens (primary N) is 1. The average Bonchev–Trinajstić information content (AvgIpc) is 2.13. The molecule has 2 N–H and O–H groups in total. The highest BCUT2D eigenvalue weighted by molar-refractivity contribution is 5.43. The highest BCUT2D eigenvalue weighted by Crippen LogP contribution is 2.25. The molecule has 0 aliphatic rings. The smallest absolute Gasteiger partial charge is 0.124 e. The first-order chi connectivity index (χ1) is 7.33. The Morgan fingerprint density at radius 1 is 1.19 bits per heavy atom. The average molecular weight is 221 g/mol. The molecule has 0 aliphatic carbocycles. The molecule has 1 aromatic rings. The highest BCUT2D eigenvalue weighted by atomic mass is 16.5. The number of aryl methyl sites for hydroxylation is 3. The lowest BCUT2D eigenvalue weighted by atomic mass is 9.94. The van der Waals surface area contributed by atoms with Crippen molar-refractivity contribution in [3.8, 4) is 5.75 Å². The summed E-state index contributed by atoms with van der Waals surface area (Å²) in [4.78, 5) is 0. The van der Waals surface area contributed by atoms with Crippen molar-refractivity contribution >= 4 is 0 Å². The Morgan fingerprint density at radius 2 is 1.69 bits per heavy atom. The van der Waals surface area contributed by atoms with Crippen molar-refractivity contribution in [3.05, 3.63) is 28.8 Å². The summed E-state index contributed by atoms with van der Waals surface area (Å²) in [6.45, 7) is 8.30. The molecule has 0 spiro atoms. The molecule has 0 saturated heterocycles. The zero-order valence-electron chi connectivity index (χ0n) is 11.1. The number of rotatable bonds is 4. The molecule has 0 radical (unpaired) electrons. The zero-order chi connectivity index (χ0) is 12.3. The predicted molar refractivity (Wildman–Crippen MR) is 69.1 cm³/mol. The van der Waals surface area contributed by atoms with E-state index < -0.39 is 0 Å². The van der Waals surface area contributed by atoms with Crippen LogP contribution in [0.2, 0.25) is 0 Å². The third-order valence-electron chi connectivity index (χ3n) is 2.78. The largest absolute Gasteiger partial charge is 0.496 e. The fourth-order valence-corrected chi connectivity index (χ4v) is 1.97. The quantitative estimate of drug-likeness (QED) is 0.848. The van der Waals surface area contributed by atoms with Gasteiger partial charge in [0.05, 0.1) is 7.11 Å². The molecule has 0 atom stereocenters. The summed E-state index contributed by atoms with van der Waals surface area (Å²) in [5, 5.41) is 0. The van der Waals surface area contributed by atoms with Gasteiger partial charge in [-0.05, 0) is 57.2 Å². The Bertz CT molecular complexity index is 340. The first-order valence-electron chi connectivity index (χ1n) is 5.76. The lowest BCUT2D eigenvalue weighted by Crippen LogP contribution is -2.32. The molecule has 0 fully saturated rings. The summed E-state index contributed by atoms with van der Waals surface area (Å²) in [5.41, 5.74) is 9.64. The molecule has 0 saturated carbocycles. The molecule has 90 valence electrons. The van der Waals surface area contributed by atoms with Crippen LogP contribution in [0.25, 0.3) is 0 Å². The number of hydrogen-bond donors (Lipinski definition) is 1. The summed E-state index contributed by atoms with van der Waals surface area (Å²) >= 11 is 0. The SMILES string of the molecule is COc1c(C)cc(CCC(C)(C)N)cc1C. The van der Waals surface area contributed by atoms with E-state index in [-0.39, 0.29) is 5.54 Å². The van der Waals surface area contributed by atoms with Gasteiger partial charge >= 0.3 is 0 Å². The van der Waals surface area contributed by atoms with E-state index in [9.17, 15) is 0 Å². The Hall–Kier alpha value is -1.02. The minimum Gasteiger partial charge on any atom is -0.496 e. The van der Waals surface area contributed by atoms with E-state index in [1.807, 2.05) is 0 Å². The van der Waals surface area contributed by atoms with Crippen LogP contribution in [-0.4, -0.2) is 12.6 Å². The Kier molecular flexibility index (Phi) is 3.98. The van der Waals surface area contributed by atoms with Gasteiger partial charge in [0, 0.05) is 5.54 Å². The van der Waals surface area contributed by atoms with Crippen LogP contribution in [0.4, 0.5) is 0 Å². The molecule has 2 nitrogen and oxygen atoms in total. The fourth-order valence-electron chi connectivity index (χ4n) is 1.97. The van der Waals surface area contributed by atoms with Gasteiger partial charge in [-0.25, -0.2) is 0 Å². The van der Waals surface area contributed by atoms with Crippen LogP contribution >= 0.6 is 0 Å². The van der Waals surface area contributed by atoms with Gasteiger partial charge < -0.3 is 10.5 Å². The first kappa shape index (κ1) is 13.0. The van der Waals surface area contributed by atoms with E-state index in [0.29, 0.717) is 0 Å². The molecule has 0 unspecified atom stereocenters. The second-order valence-electron chi connectivity index (χ2n) is 5.25. The Morgan fingerprint density at radius 3 is 2.06 bits per heavy atom. The number of ether oxygens (including phenoxy) is 1. The van der Waals surface area contributed by atoms with Gasteiger partial charge in [-0.3, -0.25) is 0 Å². The van der Waals surface area contributed by atoms with E-state index >= 15 is 0 Å². The summed E-state index contributed by atoms with van der Waals surface area (Å²) in [7, 11) is 1.72. The number of benzene rings is 1. The van der Waals surface area contributed by atoms with Gasteiger partial charge in [-0.1, -0.05) is 12.1 Å². The second kappa shape index (κ2) is 4.88. The summed E-state index contributed by atoms with van der Waals surface area (Å²) in [6, 6.07) is 4.38. The minimum absolute atomic E-state index is 0.0955. The van der Waals surface area contributed by atoms with Crippen molar-refractivity contribution < 1.29 is 4.74 Å². The van der Waals surface area contributed by atoms with Crippen LogP contribution in [0.1, 0.15) is 37.0 Å². The summed E-state index contributed by atoms with van der Waals surface area (Å²) in [5.74, 6) is 0.996. The van der Waals surface area contributed by atoms with Crippen molar-refractivity contribution in [2.24, 2.45) is 5.73 Å². The van der Waals surface area contributed by atoms with Crippen molar-refractivity contribution in [2.75, 3.05) is 7.11 Å². The third-order valence-corrected chi connectivity index (χ3v) is 2.78. The molecule has 0 aromatic heterocycles. The summed E-state index contributed by atoms with van der Waals surface area (Å²) < 4.78 is 5.35. The lowest BCUT2D eigenvalue weighted by molar-refractivity contribution is 0.408. The van der Waals surface area contributed by atoms with Gasteiger partial charge in [0.15, 0.2) is 0 Å². The second-order valence-corrected chi connectivity index (χ2v) is 5.25. The maximum atomic E-state index is 5.99. The van der Waals surface area contributed by atoms with Crippen molar-refractivity contribution in [1.29, 1.82) is 0 Å². The molecule has 0 heterocycles. The van der Waals surface area contributed by atoms with Crippen LogP contribution in [0.3, 0.4) is 0 Å². The van der Waals surface area contributed by atoms with Crippen molar-refractivity contribution in [1.82, 2.24) is 0 Å². The standard InChI is InChI=1S/C14H23NO/c1-10-8-12(6-7-14(3,4)15)9-11(2)13(10)16-5/h8-9H,6-7,15H2,1-5H3. The van der Waals surface area contributed by atoms with Crippen LogP contribution in [0.15, 0.2) is 12.1 Å². The van der Waals surface area contributed by atoms with Crippen molar-refractivity contribution in [3.63, 3.8) is 0 Å². The lowest BCUT2D eigenvalue weighted by Gasteiger charge is -2.19. The normalized spacial score (nSPS) is 11.6. The Balaban J connectivity index is 2.84. The van der Waals surface area contributed by atoms with Gasteiger partial charge in [-0.15, -0.1) is 0 Å². The van der Waals surface area contributed by atoms with Crippen molar-refractivity contribution in [2.45, 2.75) is 46.1 Å². The topological polar surface area (TPSA) is 35.2 Å². The van der Waals surface area contributed by atoms with Crippen LogP contribution in [-0.2, 0) is 6.42 Å². The van der Waals surface area contributed by atoms with Gasteiger partial charge in [0.1, 0.15) is 5.75 Å². The molecule has 0 aliphatic heterocycles. The maximum absolute atomic E-state index is 5.99. The van der Waals surface area contributed by atoms with Crippen LogP contribution in [0.5, 0.6) is 5.75 Å². The molecule has 2 heteroatoms. The number of hydrogen-bond acceptors (Lipinski definition) is 2. The van der Waals surface area contributed by atoms with Gasteiger partial charge in [-0.2, -0.15) is 0 Å². The first-order valence-corrected chi connectivity index (χ1v) is 5.76. The molecule has 1 rings (SSSR count). The third kappa shape index (κ3) is 3.53. The van der Waals surface area contributed by atoms with Crippen LogP contribution < -0.4 is 10.5 Å².